The van der Waals surface area contributed by atoms with Crippen molar-refractivity contribution < 1.29 is 0 Å². The van der Waals surface area contributed by atoms with Gasteiger partial charge in [-0.1, -0.05) is 31.4 Å². The maximum atomic E-state index is 4.16. The molecule has 0 amide bonds. The number of hydrogen-bond acceptors (Lipinski definition) is 1. The van der Waals surface area contributed by atoms with Gasteiger partial charge in [-0.25, -0.2) is 0 Å². The van der Waals surface area contributed by atoms with Crippen molar-refractivity contribution in [2.75, 3.05) is 18.0 Å². The van der Waals surface area contributed by atoms with Crippen LogP contribution in [0.5, 0.6) is 0 Å². The van der Waals surface area contributed by atoms with Crippen LogP contribution in [0.1, 0.15) is 24.0 Å². The minimum atomic E-state index is 1.10. The van der Waals surface area contributed by atoms with E-state index in [-0.39, 0.29) is 0 Å². The Morgan fingerprint density at radius 3 is 2.00 bits per heavy atom. The molecule has 0 aliphatic carbocycles. The number of hydrogen-bond donors (Lipinski definition) is 0. The van der Waals surface area contributed by atoms with Crippen LogP contribution < -0.4 is 4.90 Å². The number of rotatable bonds is 0. The Hall–Kier alpha value is -1.50. The van der Waals surface area contributed by atoms with Crippen molar-refractivity contribution in [2.24, 2.45) is 0 Å². The quantitative estimate of drug-likeness (QED) is 0.616. The Bertz CT molecular complexity index is 418. The van der Waals surface area contributed by atoms with E-state index in [4.69, 9.17) is 0 Å². The molecule has 2 aliphatic rings. The van der Waals surface area contributed by atoms with Gasteiger partial charge in [-0.05, 0) is 24.0 Å². The van der Waals surface area contributed by atoms with Gasteiger partial charge in [0, 0.05) is 24.2 Å². The van der Waals surface area contributed by atoms with Gasteiger partial charge in [-0.3, -0.25) is 0 Å². The molecule has 3 rings (SSSR count). The van der Waals surface area contributed by atoms with Gasteiger partial charge in [0.25, 0.3) is 0 Å². The Morgan fingerprint density at radius 1 is 0.933 bits per heavy atom. The Kier molecular flexibility index (Phi) is 1.75. The fourth-order valence-corrected chi connectivity index (χ4v) is 2.60. The molecule has 0 unspecified atom stereocenters. The van der Waals surface area contributed by atoms with E-state index < -0.39 is 0 Å². The molecule has 0 saturated carbocycles. The van der Waals surface area contributed by atoms with Gasteiger partial charge in [0.2, 0.25) is 0 Å². The maximum Gasteiger partial charge on any atom is 0.0518 e. The summed E-state index contributed by atoms with van der Waals surface area (Å²) in [6, 6.07) is 6.50. The molecule has 15 heavy (non-hydrogen) atoms. The van der Waals surface area contributed by atoms with Gasteiger partial charge in [-0.2, -0.15) is 0 Å². The molecule has 76 valence electrons. The van der Waals surface area contributed by atoms with Gasteiger partial charge >= 0.3 is 0 Å². The lowest BCUT2D eigenvalue weighted by Crippen LogP contribution is -2.33. The Morgan fingerprint density at radius 2 is 1.47 bits per heavy atom. The summed E-state index contributed by atoms with van der Waals surface area (Å²) in [5.74, 6) is 0. The first-order chi connectivity index (χ1) is 7.27. The van der Waals surface area contributed by atoms with Gasteiger partial charge in [0.15, 0.2) is 0 Å². The molecule has 0 bridgehead atoms. The molecule has 2 aliphatic heterocycles. The zero-order valence-electron chi connectivity index (χ0n) is 8.92. The van der Waals surface area contributed by atoms with Crippen LogP contribution in [0.2, 0.25) is 0 Å². The van der Waals surface area contributed by atoms with E-state index in [2.05, 4.69) is 36.3 Å². The molecule has 0 radical (unpaired) electrons. The Balaban J connectivity index is 2.28. The van der Waals surface area contributed by atoms with Crippen LogP contribution in [0.15, 0.2) is 31.4 Å². The van der Waals surface area contributed by atoms with Crippen LogP contribution in [0.25, 0.3) is 11.1 Å². The minimum Gasteiger partial charge on any atom is -0.370 e. The third-order valence-electron chi connectivity index (χ3n) is 3.48. The van der Waals surface area contributed by atoms with E-state index in [1.807, 2.05) is 0 Å². The zero-order valence-corrected chi connectivity index (χ0v) is 8.92. The molecule has 0 N–H and O–H groups in total. The van der Waals surface area contributed by atoms with Crippen molar-refractivity contribution in [3.63, 3.8) is 0 Å². The molecule has 0 atom stereocenters. The first kappa shape index (κ1) is 8.78. The first-order valence-electron chi connectivity index (χ1n) is 5.51. The largest absolute Gasteiger partial charge is 0.370 e. The molecular formula is C14H15N. The number of benzene rings is 1. The molecule has 0 spiro atoms. The second-order valence-corrected chi connectivity index (χ2v) is 4.40. The number of para-hydroxylation sites is 1. The number of anilines is 1. The predicted molar refractivity (Wildman–Crippen MR) is 66.0 cm³/mol. The monoisotopic (exact) mass is 197 g/mol. The topological polar surface area (TPSA) is 3.24 Å². The van der Waals surface area contributed by atoms with E-state index in [1.165, 1.54) is 28.0 Å². The van der Waals surface area contributed by atoms with Crippen molar-refractivity contribution in [3.05, 3.63) is 42.5 Å². The summed E-state index contributed by atoms with van der Waals surface area (Å²) >= 11 is 0. The summed E-state index contributed by atoms with van der Waals surface area (Å²) in [6.07, 6.45) is 2.20. The van der Waals surface area contributed by atoms with Crippen molar-refractivity contribution in [1.82, 2.24) is 0 Å². The fourth-order valence-electron chi connectivity index (χ4n) is 2.60. The van der Waals surface area contributed by atoms with E-state index >= 15 is 0 Å². The third kappa shape index (κ3) is 1.16. The molecule has 1 nitrogen and oxygen atoms in total. The van der Waals surface area contributed by atoms with Crippen LogP contribution in [0.3, 0.4) is 0 Å². The highest BCUT2D eigenvalue weighted by Gasteiger charge is 2.26. The molecular weight excluding hydrogens is 182 g/mol. The highest BCUT2D eigenvalue weighted by molar-refractivity contribution is 5.89. The SMILES string of the molecule is C=C1CCN2CCC(=C)c3cccc1c32. The third-order valence-corrected chi connectivity index (χ3v) is 3.48. The highest BCUT2D eigenvalue weighted by Crippen LogP contribution is 2.42. The molecule has 1 heteroatoms. The second-order valence-electron chi connectivity index (χ2n) is 4.40. The van der Waals surface area contributed by atoms with Crippen molar-refractivity contribution in [2.45, 2.75) is 12.8 Å². The normalized spacial score (nSPS) is 19.1. The smallest absolute Gasteiger partial charge is 0.0518 e. The van der Waals surface area contributed by atoms with Crippen LogP contribution in [0.4, 0.5) is 5.69 Å². The average Bonchev–Trinajstić information content (AvgIpc) is 2.27. The highest BCUT2D eigenvalue weighted by atomic mass is 15.1. The van der Waals surface area contributed by atoms with Gasteiger partial charge < -0.3 is 4.90 Å². The average molecular weight is 197 g/mol. The van der Waals surface area contributed by atoms with Crippen LogP contribution in [-0.2, 0) is 0 Å². The minimum absolute atomic E-state index is 1.10. The lowest BCUT2D eigenvalue weighted by molar-refractivity contribution is 0.767. The molecule has 0 saturated heterocycles. The lowest BCUT2D eigenvalue weighted by atomic mass is 9.88. The molecule has 0 fully saturated rings. The Labute approximate surface area is 90.7 Å². The first-order valence-corrected chi connectivity index (χ1v) is 5.51. The summed E-state index contributed by atoms with van der Waals surface area (Å²) in [7, 11) is 0. The lowest BCUT2D eigenvalue weighted by Gasteiger charge is -2.38. The number of nitrogens with zero attached hydrogens (tertiary/aromatic N) is 1. The summed E-state index contributed by atoms with van der Waals surface area (Å²) in [6.45, 7) is 10.6. The van der Waals surface area contributed by atoms with Crippen molar-refractivity contribution in [3.8, 4) is 0 Å². The molecule has 1 aromatic rings. The van der Waals surface area contributed by atoms with E-state index in [0.717, 1.165) is 25.9 Å². The second kappa shape index (κ2) is 2.99. The van der Waals surface area contributed by atoms with Crippen molar-refractivity contribution >= 4 is 16.8 Å². The van der Waals surface area contributed by atoms with Gasteiger partial charge in [0.1, 0.15) is 0 Å². The summed E-state index contributed by atoms with van der Waals surface area (Å²) in [5.41, 5.74) is 6.60. The van der Waals surface area contributed by atoms with Crippen molar-refractivity contribution in [1.29, 1.82) is 0 Å². The summed E-state index contributed by atoms with van der Waals surface area (Å²) in [4.78, 5) is 2.48. The predicted octanol–water partition coefficient (Wildman–Crippen LogP) is 3.33. The standard InChI is InChI=1S/C14H15N/c1-10-6-8-15-9-7-11(2)13-5-3-4-12(10)14(13)15/h3-5H,1-2,6-9H2. The van der Waals surface area contributed by atoms with Crippen LogP contribution >= 0.6 is 0 Å². The van der Waals surface area contributed by atoms with Gasteiger partial charge in [0.05, 0.1) is 5.69 Å². The van der Waals surface area contributed by atoms with Gasteiger partial charge in [-0.15, -0.1) is 0 Å². The van der Waals surface area contributed by atoms with E-state index in [9.17, 15) is 0 Å². The van der Waals surface area contributed by atoms with Crippen LogP contribution in [-0.4, -0.2) is 13.1 Å². The molecule has 2 heterocycles. The molecule has 0 aromatic heterocycles. The fraction of sp³-hybridized carbons (Fsp3) is 0.286. The van der Waals surface area contributed by atoms with E-state index in [0.29, 0.717) is 0 Å². The van der Waals surface area contributed by atoms with Crippen LogP contribution in [0, 0.1) is 0 Å². The summed E-state index contributed by atoms with van der Waals surface area (Å²) < 4.78 is 0. The van der Waals surface area contributed by atoms with E-state index in [1.54, 1.807) is 0 Å². The zero-order chi connectivity index (χ0) is 10.4. The molecule has 1 aromatic carbocycles. The maximum absolute atomic E-state index is 4.16. The summed E-state index contributed by atoms with van der Waals surface area (Å²) in [5, 5.41) is 0.